The largest absolute Gasteiger partial charge is 0.383 e. The van der Waals surface area contributed by atoms with Crippen molar-refractivity contribution < 1.29 is 13.2 Å². The molecule has 0 atom stereocenters. The average Bonchev–Trinajstić information content (AvgIpc) is 3.15. The topological polar surface area (TPSA) is 120 Å². The third kappa shape index (κ3) is 4.33. The minimum atomic E-state index is -3.65. The number of carbonyl (C=O) groups excluding carboxylic acids is 1. The van der Waals surface area contributed by atoms with Crippen molar-refractivity contribution in [3.05, 3.63) is 83.8 Å². The summed E-state index contributed by atoms with van der Waals surface area (Å²) in [4.78, 5) is 21.7. The van der Waals surface area contributed by atoms with Crippen LogP contribution in [0.15, 0.2) is 67.1 Å². The number of benzene rings is 2. The van der Waals surface area contributed by atoms with Gasteiger partial charge in [-0.05, 0) is 31.5 Å². The molecule has 0 spiro atoms. The van der Waals surface area contributed by atoms with Crippen molar-refractivity contribution in [1.82, 2.24) is 14.5 Å². The molecular weight excluding hydrogens is 426 g/mol. The van der Waals surface area contributed by atoms with Crippen LogP contribution in [0.4, 0.5) is 11.5 Å². The van der Waals surface area contributed by atoms with E-state index in [0.717, 1.165) is 0 Å². The zero-order chi connectivity index (χ0) is 22.9. The van der Waals surface area contributed by atoms with Gasteiger partial charge in [-0.25, -0.2) is 18.4 Å². The first-order chi connectivity index (χ1) is 15.2. The third-order valence-electron chi connectivity index (χ3n) is 5.04. The molecule has 0 aliphatic heterocycles. The van der Waals surface area contributed by atoms with Gasteiger partial charge >= 0.3 is 0 Å². The van der Waals surface area contributed by atoms with E-state index < -0.39 is 10.0 Å². The van der Waals surface area contributed by atoms with Gasteiger partial charge in [0.25, 0.3) is 0 Å². The van der Waals surface area contributed by atoms with Crippen LogP contribution in [-0.4, -0.2) is 28.7 Å². The first-order valence-electron chi connectivity index (χ1n) is 10.1. The van der Waals surface area contributed by atoms with Crippen LogP contribution >= 0.6 is 0 Å². The Morgan fingerprint density at radius 2 is 1.84 bits per heavy atom. The van der Waals surface area contributed by atoms with E-state index in [4.69, 9.17) is 5.73 Å². The molecular formula is C23H23N5O3S. The minimum Gasteiger partial charge on any atom is -0.383 e. The van der Waals surface area contributed by atoms with E-state index >= 15 is 0 Å². The summed E-state index contributed by atoms with van der Waals surface area (Å²) < 4.78 is 29.6. The van der Waals surface area contributed by atoms with Gasteiger partial charge in [-0.1, -0.05) is 42.5 Å². The van der Waals surface area contributed by atoms with Crippen LogP contribution in [0.1, 0.15) is 41.4 Å². The normalized spacial score (nSPS) is 11.7. The highest BCUT2D eigenvalue weighted by Gasteiger charge is 2.22. The molecule has 8 nitrogen and oxygen atoms in total. The molecule has 0 fully saturated rings. The monoisotopic (exact) mass is 449 g/mol. The smallest absolute Gasteiger partial charge is 0.236 e. The van der Waals surface area contributed by atoms with Gasteiger partial charge in [-0.15, -0.1) is 0 Å². The molecule has 2 heterocycles. The number of hydrogen-bond acceptors (Lipinski definition) is 6. The molecule has 0 aliphatic carbocycles. The molecule has 0 amide bonds. The van der Waals surface area contributed by atoms with Crippen molar-refractivity contribution in [2.45, 2.75) is 25.6 Å². The van der Waals surface area contributed by atoms with Crippen LogP contribution in [-0.2, 0) is 15.8 Å². The molecule has 0 unspecified atom stereocenters. The highest BCUT2D eigenvalue weighted by atomic mass is 32.2. The number of anilines is 2. The van der Waals surface area contributed by atoms with Crippen molar-refractivity contribution in [3.8, 4) is 0 Å². The molecule has 0 radical (unpaired) electrons. The van der Waals surface area contributed by atoms with E-state index in [1.807, 2.05) is 24.5 Å². The Kier molecular flexibility index (Phi) is 5.67. The minimum absolute atomic E-state index is 0.0597. The molecule has 9 heteroatoms. The van der Waals surface area contributed by atoms with E-state index in [1.165, 1.54) is 12.4 Å². The van der Waals surface area contributed by atoms with Gasteiger partial charge < -0.3 is 10.3 Å². The van der Waals surface area contributed by atoms with Gasteiger partial charge in [0.15, 0.2) is 5.78 Å². The molecule has 2 aromatic carbocycles. The van der Waals surface area contributed by atoms with Crippen molar-refractivity contribution in [2.75, 3.05) is 10.5 Å². The fourth-order valence-electron chi connectivity index (χ4n) is 3.56. The molecule has 4 rings (SSSR count). The maximum Gasteiger partial charge on any atom is 0.236 e. The summed E-state index contributed by atoms with van der Waals surface area (Å²) in [6.45, 7) is 3.96. The average molecular weight is 450 g/mol. The molecule has 0 saturated carbocycles. The summed E-state index contributed by atoms with van der Waals surface area (Å²) in [7, 11) is -3.65. The Morgan fingerprint density at radius 1 is 1.09 bits per heavy atom. The first kappa shape index (κ1) is 21.5. The maximum atomic E-state index is 13.4. The summed E-state index contributed by atoms with van der Waals surface area (Å²) in [6.07, 6.45) is 3.09. The Labute approximate surface area is 186 Å². The number of nitrogens with two attached hydrogens (primary N) is 1. The van der Waals surface area contributed by atoms with Gasteiger partial charge in [-0.3, -0.25) is 9.52 Å². The van der Waals surface area contributed by atoms with Crippen LogP contribution in [0.5, 0.6) is 0 Å². The highest BCUT2D eigenvalue weighted by molar-refractivity contribution is 7.91. The van der Waals surface area contributed by atoms with Crippen LogP contribution < -0.4 is 10.5 Å². The van der Waals surface area contributed by atoms with Crippen molar-refractivity contribution in [2.24, 2.45) is 0 Å². The SMILES string of the molecule is CC(C)n1cc(C(=O)c2cccc(NS(=O)(=O)Cc3ccccc3)c2)c2c(N)ncnc21. The van der Waals surface area contributed by atoms with Crippen molar-refractivity contribution in [3.63, 3.8) is 0 Å². The zero-order valence-electron chi connectivity index (χ0n) is 17.7. The van der Waals surface area contributed by atoms with Crippen LogP contribution in [0.2, 0.25) is 0 Å². The number of carbonyl (C=O) groups is 1. The van der Waals surface area contributed by atoms with Gasteiger partial charge in [-0.2, -0.15) is 0 Å². The number of nitrogen functional groups attached to an aromatic ring is 1. The predicted octanol–water partition coefficient (Wildman–Crippen LogP) is 3.77. The Balaban J connectivity index is 1.66. The summed E-state index contributed by atoms with van der Waals surface area (Å²) in [5.74, 6) is -0.237. The van der Waals surface area contributed by atoms with Gasteiger partial charge in [0.2, 0.25) is 10.0 Å². The van der Waals surface area contributed by atoms with Crippen LogP contribution in [0.25, 0.3) is 11.0 Å². The Hall–Kier alpha value is -3.72. The fraction of sp³-hybridized carbons (Fsp3) is 0.174. The van der Waals surface area contributed by atoms with E-state index in [9.17, 15) is 13.2 Å². The summed E-state index contributed by atoms with van der Waals surface area (Å²) in [5, 5.41) is 0.487. The second-order valence-corrected chi connectivity index (χ2v) is 9.48. The van der Waals surface area contributed by atoms with Crippen molar-refractivity contribution in [1.29, 1.82) is 0 Å². The Bertz CT molecular complexity index is 1400. The molecule has 32 heavy (non-hydrogen) atoms. The van der Waals surface area contributed by atoms with E-state index in [0.29, 0.717) is 33.4 Å². The zero-order valence-corrected chi connectivity index (χ0v) is 18.5. The van der Waals surface area contributed by atoms with Crippen LogP contribution in [0, 0.1) is 0 Å². The van der Waals surface area contributed by atoms with Gasteiger partial charge in [0.05, 0.1) is 16.7 Å². The lowest BCUT2D eigenvalue weighted by atomic mass is 10.0. The van der Waals surface area contributed by atoms with Gasteiger partial charge in [0.1, 0.15) is 17.8 Å². The number of nitrogens with zero attached hydrogens (tertiary/aromatic N) is 3. The summed E-state index contributed by atoms with van der Waals surface area (Å²) in [6, 6.07) is 15.3. The number of fused-ring (bicyclic) bond motifs is 1. The first-order valence-corrected chi connectivity index (χ1v) is 11.7. The lowest BCUT2D eigenvalue weighted by Crippen LogP contribution is -2.15. The quantitative estimate of drug-likeness (QED) is 0.415. The van der Waals surface area contributed by atoms with E-state index in [-0.39, 0.29) is 23.4 Å². The number of ketones is 1. The Morgan fingerprint density at radius 3 is 2.56 bits per heavy atom. The number of nitrogens with one attached hydrogen (secondary N) is 1. The second kappa shape index (κ2) is 8.43. The number of sulfonamides is 1. The lowest BCUT2D eigenvalue weighted by Gasteiger charge is -2.09. The summed E-state index contributed by atoms with van der Waals surface area (Å²) >= 11 is 0. The second-order valence-electron chi connectivity index (χ2n) is 7.76. The number of aromatic nitrogens is 3. The molecule has 0 bridgehead atoms. The molecule has 0 aliphatic rings. The fourth-order valence-corrected chi connectivity index (χ4v) is 4.75. The highest BCUT2D eigenvalue weighted by Crippen LogP contribution is 2.29. The standard InChI is InChI=1S/C23H23N5O3S/c1-15(2)28-12-19(20-22(24)25-14-26-23(20)28)21(29)17-9-6-10-18(11-17)27-32(30,31)13-16-7-4-3-5-8-16/h3-12,14-15,27H,13H2,1-2H3,(H2,24,25,26). The summed E-state index contributed by atoms with van der Waals surface area (Å²) in [5.41, 5.74) is 8.32. The molecule has 0 saturated heterocycles. The van der Waals surface area contributed by atoms with Crippen molar-refractivity contribution >= 4 is 38.3 Å². The van der Waals surface area contributed by atoms with Gasteiger partial charge in [0, 0.05) is 23.5 Å². The molecule has 4 aromatic rings. The van der Waals surface area contributed by atoms with E-state index in [1.54, 1.807) is 48.7 Å². The molecule has 3 N–H and O–H groups in total. The van der Waals surface area contributed by atoms with Crippen LogP contribution in [0.3, 0.4) is 0 Å². The number of hydrogen-bond donors (Lipinski definition) is 2. The maximum absolute atomic E-state index is 13.4. The lowest BCUT2D eigenvalue weighted by molar-refractivity contribution is 0.104. The van der Waals surface area contributed by atoms with E-state index in [2.05, 4.69) is 14.7 Å². The predicted molar refractivity (Wildman–Crippen MR) is 125 cm³/mol. The molecule has 164 valence electrons. The number of rotatable bonds is 7. The third-order valence-corrected chi connectivity index (χ3v) is 6.30. The molecule has 2 aromatic heterocycles.